The van der Waals surface area contributed by atoms with Gasteiger partial charge in [0.25, 0.3) is 0 Å². The zero-order chi connectivity index (χ0) is 15.4. The molecular formula is C15H26N4O2. The summed E-state index contributed by atoms with van der Waals surface area (Å²) in [7, 11) is 1.36. The average Bonchev–Trinajstić information content (AvgIpc) is 2.65. The van der Waals surface area contributed by atoms with Crippen molar-refractivity contribution in [1.29, 1.82) is 0 Å². The zero-order valence-corrected chi connectivity index (χ0v) is 13.2. The molecule has 0 spiro atoms. The number of methoxy groups -OCH3 is 1. The number of hydrogen-bond acceptors (Lipinski definition) is 5. The van der Waals surface area contributed by atoms with Crippen LogP contribution in [0.25, 0.3) is 0 Å². The third-order valence-corrected chi connectivity index (χ3v) is 3.93. The summed E-state index contributed by atoms with van der Waals surface area (Å²) in [5, 5.41) is 7.76. The number of aromatic nitrogens is 2. The van der Waals surface area contributed by atoms with Gasteiger partial charge < -0.3 is 15.8 Å². The van der Waals surface area contributed by atoms with Gasteiger partial charge in [-0.15, -0.1) is 0 Å². The normalized spacial score (nSPS) is 16.8. The van der Waals surface area contributed by atoms with Crippen LogP contribution in [0.15, 0.2) is 0 Å². The molecule has 2 rings (SSSR count). The van der Waals surface area contributed by atoms with Crippen molar-refractivity contribution in [2.45, 2.75) is 64.5 Å². The first-order valence-corrected chi connectivity index (χ1v) is 7.77. The summed E-state index contributed by atoms with van der Waals surface area (Å²) in [6.45, 7) is 4.00. The van der Waals surface area contributed by atoms with E-state index in [9.17, 15) is 4.79 Å². The van der Waals surface area contributed by atoms with Crippen molar-refractivity contribution >= 4 is 17.6 Å². The average molecular weight is 294 g/mol. The van der Waals surface area contributed by atoms with Crippen molar-refractivity contribution in [3.05, 3.63) is 5.56 Å². The van der Waals surface area contributed by atoms with Crippen molar-refractivity contribution in [1.82, 2.24) is 9.78 Å². The molecule has 3 N–H and O–H groups in total. The zero-order valence-electron chi connectivity index (χ0n) is 13.2. The van der Waals surface area contributed by atoms with Gasteiger partial charge in [0.1, 0.15) is 11.4 Å². The fourth-order valence-electron chi connectivity index (χ4n) is 2.91. The Labute approximate surface area is 126 Å². The van der Waals surface area contributed by atoms with Crippen molar-refractivity contribution in [3.8, 4) is 0 Å². The van der Waals surface area contributed by atoms with Gasteiger partial charge in [0.2, 0.25) is 0 Å². The van der Waals surface area contributed by atoms with Crippen LogP contribution in [-0.4, -0.2) is 28.9 Å². The largest absolute Gasteiger partial charge is 0.465 e. The Hall–Kier alpha value is -1.72. The van der Waals surface area contributed by atoms with Crippen LogP contribution in [0.2, 0.25) is 0 Å². The molecule has 6 heteroatoms. The smallest absolute Gasteiger partial charge is 0.345 e. The van der Waals surface area contributed by atoms with E-state index in [4.69, 9.17) is 10.5 Å². The number of hydrogen-bond donors (Lipinski definition) is 2. The number of nitrogens with two attached hydrogens (primary N) is 1. The molecule has 1 aromatic heterocycles. The first-order chi connectivity index (χ1) is 10.0. The minimum absolute atomic E-state index is 0.172. The Kier molecular flexibility index (Phi) is 5.09. The second-order valence-electron chi connectivity index (χ2n) is 5.99. The summed E-state index contributed by atoms with van der Waals surface area (Å²) in [5.74, 6) is 0.506. The monoisotopic (exact) mass is 294 g/mol. The standard InChI is InChI=1S/C15H26N4O2/c1-10(2)17-14-12(15(20)21-3)13(16)19(18-14)11-8-6-4-5-7-9-11/h10-11H,4-9,16H2,1-3H3,(H,17,18). The second kappa shape index (κ2) is 6.83. The second-order valence-corrected chi connectivity index (χ2v) is 5.99. The van der Waals surface area contributed by atoms with Crippen LogP contribution in [0.1, 0.15) is 68.8 Å². The lowest BCUT2D eigenvalue weighted by Gasteiger charge is -2.16. The number of rotatable bonds is 4. The number of ether oxygens (including phenoxy) is 1. The molecule has 21 heavy (non-hydrogen) atoms. The minimum atomic E-state index is -0.435. The lowest BCUT2D eigenvalue weighted by molar-refractivity contribution is 0.0603. The fraction of sp³-hybridized carbons (Fsp3) is 0.733. The van der Waals surface area contributed by atoms with Gasteiger partial charge in [-0.25, -0.2) is 9.48 Å². The number of carbonyl (C=O) groups excluding carboxylic acids is 1. The van der Waals surface area contributed by atoms with E-state index in [2.05, 4.69) is 10.4 Å². The number of carbonyl (C=O) groups is 1. The van der Waals surface area contributed by atoms with E-state index in [-0.39, 0.29) is 12.1 Å². The molecule has 0 atom stereocenters. The maximum Gasteiger partial charge on any atom is 0.345 e. The van der Waals surface area contributed by atoms with Crippen LogP contribution in [0.3, 0.4) is 0 Å². The molecule has 1 heterocycles. The highest BCUT2D eigenvalue weighted by molar-refractivity contribution is 5.99. The molecule has 1 aliphatic carbocycles. The van der Waals surface area contributed by atoms with E-state index in [0.29, 0.717) is 17.2 Å². The summed E-state index contributed by atoms with van der Waals surface area (Å²) in [6.07, 6.45) is 7.02. The molecule has 0 bridgehead atoms. The molecule has 1 fully saturated rings. The van der Waals surface area contributed by atoms with E-state index in [1.54, 1.807) is 0 Å². The molecule has 0 unspecified atom stereocenters. The van der Waals surface area contributed by atoms with Crippen LogP contribution < -0.4 is 11.1 Å². The lowest BCUT2D eigenvalue weighted by atomic mass is 10.1. The molecule has 0 aromatic carbocycles. The predicted octanol–water partition coefficient (Wildman–Crippen LogP) is 2.97. The van der Waals surface area contributed by atoms with E-state index in [1.165, 1.54) is 32.8 Å². The molecule has 1 aliphatic rings. The van der Waals surface area contributed by atoms with Gasteiger partial charge >= 0.3 is 5.97 Å². The maximum atomic E-state index is 12.0. The van der Waals surface area contributed by atoms with Gasteiger partial charge in [0.15, 0.2) is 5.82 Å². The van der Waals surface area contributed by atoms with E-state index < -0.39 is 5.97 Å². The van der Waals surface area contributed by atoms with E-state index in [0.717, 1.165) is 12.8 Å². The van der Waals surface area contributed by atoms with Crippen molar-refractivity contribution in [2.24, 2.45) is 0 Å². The van der Waals surface area contributed by atoms with E-state index in [1.807, 2.05) is 18.5 Å². The molecule has 1 aromatic rings. The number of nitrogen functional groups attached to an aromatic ring is 1. The first-order valence-electron chi connectivity index (χ1n) is 7.77. The first kappa shape index (κ1) is 15.7. The third-order valence-electron chi connectivity index (χ3n) is 3.93. The topological polar surface area (TPSA) is 82.2 Å². The molecule has 0 aliphatic heterocycles. The Morgan fingerprint density at radius 3 is 2.48 bits per heavy atom. The molecule has 1 saturated carbocycles. The molecule has 0 radical (unpaired) electrons. The van der Waals surface area contributed by atoms with Crippen LogP contribution in [0.5, 0.6) is 0 Å². The molecule has 118 valence electrons. The quantitative estimate of drug-likeness (QED) is 0.659. The highest BCUT2D eigenvalue weighted by Gasteiger charge is 2.27. The highest BCUT2D eigenvalue weighted by atomic mass is 16.5. The number of esters is 1. The van der Waals surface area contributed by atoms with Crippen LogP contribution in [0.4, 0.5) is 11.6 Å². The SMILES string of the molecule is COC(=O)c1c(NC(C)C)nn(C2CCCCCC2)c1N. The van der Waals surface area contributed by atoms with E-state index >= 15 is 0 Å². The molecule has 0 amide bonds. The molecular weight excluding hydrogens is 268 g/mol. The fourth-order valence-corrected chi connectivity index (χ4v) is 2.91. The number of nitrogens with zero attached hydrogens (tertiary/aromatic N) is 2. The Balaban J connectivity index is 2.37. The van der Waals surface area contributed by atoms with Crippen molar-refractivity contribution < 1.29 is 9.53 Å². The van der Waals surface area contributed by atoms with Gasteiger partial charge in [0.05, 0.1) is 13.2 Å². The predicted molar refractivity (Wildman–Crippen MR) is 83.5 cm³/mol. The van der Waals surface area contributed by atoms with Gasteiger partial charge in [-0.1, -0.05) is 25.7 Å². The number of nitrogens with one attached hydrogen (secondary N) is 1. The summed E-state index contributed by atoms with van der Waals surface area (Å²) < 4.78 is 6.67. The number of anilines is 2. The van der Waals surface area contributed by atoms with Gasteiger partial charge in [-0.05, 0) is 26.7 Å². The third kappa shape index (κ3) is 3.49. The summed E-state index contributed by atoms with van der Waals surface area (Å²) >= 11 is 0. The van der Waals surface area contributed by atoms with Crippen LogP contribution >= 0.6 is 0 Å². The van der Waals surface area contributed by atoms with Crippen molar-refractivity contribution in [3.63, 3.8) is 0 Å². The summed E-state index contributed by atoms with van der Waals surface area (Å²) in [4.78, 5) is 12.0. The highest BCUT2D eigenvalue weighted by Crippen LogP contribution is 2.32. The maximum absolute atomic E-state index is 12.0. The molecule has 6 nitrogen and oxygen atoms in total. The van der Waals surface area contributed by atoms with Crippen LogP contribution in [-0.2, 0) is 4.74 Å². The Morgan fingerprint density at radius 1 is 1.33 bits per heavy atom. The Bertz CT molecular complexity index is 488. The van der Waals surface area contributed by atoms with Crippen molar-refractivity contribution in [2.75, 3.05) is 18.2 Å². The molecule has 0 saturated heterocycles. The van der Waals surface area contributed by atoms with Gasteiger partial charge in [0, 0.05) is 6.04 Å². The van der Waals surface area contributed by atoms with Gasteiger partial charge in [-0.3, -0.25) is 0 Å². The summed E-state index contributed by atoms with van der Waals surface area (Å²) in [5.41, 5.74) is 6.55. The van der Waals surface area contributed by atoms with Crippen LogP contribution in [0, 0.1) is 0 Å². The van der Waals surface area contributed by atoms with Gasteiger partial charge in [-0.2, -0.15) is 5.10 Å². The minimum Gasteiger partial charge on any atom is -0.465 e. The summed E-state index contributed by atoms with van der Waals surface area (Å²) in [6, 6.07) is 0.448. The Morgan fingerprint density at radius 2 is 1.95 bits per heavy atom. The lowest BCUT2D eigenvalue weighted by Crippen LogP contribution is -2.14.